The first-order valence-electron chi connectivity index (χ1n) is 5.22. The number of carbonyl (C=O) groups excluding carboxylic acids is 1. The van der Waals surface area contributed by atoms with E-state index in [0.29, 0.717) is 12.8 Å². The van der Waals surface area contributed by atoms with Crippen LogP contribution in [-0.2, 0) is 9.53 Å². The van der Waals surface area contributed by atoms with Gasteiger partial charge in [0.15, 0.2) is 0 Å². The Morgan fingerprint density at radius 2 is 2.08 bits per heavy atom. The molecule has 0 saturated heterocycles. The Kier molecular flexibility index (Phi) is 5.38. The maximum atomic E-state index is 11.1. The average molecular weight is 202 g/mol. The maximum Gasteiger partial charge on any atom is 0.309 e. The summed E-state index contributed by atoms with van der Waals surface area (Å²) in [6.07, 6.45) is 7.43. The number of hydrogen-bond acceptors (Lipinski definition) is 2. The smallest absolute Gasteiger partial charge is 0.309 e. The summed E-state index contributed by atoms with van der Waals surface area (Å²) in [6.45, 7) is 2.38. The van der Waals surface area contributed by atoms with E-state index >= 15 is 0 Å². The Balaban J connectivity index is 2.06. The van der Waals surface area contributed by atoms with Gasteiger partial charge in [-0.1, -0.05) is 19.3 Å². The van der Waals surface area contributed by atoms with Crippen molar-refractivity contribution in [2.24, 2.45) is 0 Å². The summed E-state index contributed by atoms with van der Waals surface area (Å²) in [5.74, 6) is -0.00796. The lowest BCUT2D eigenvalue weighted by molar-refractivity contribution is -0.139. The van der Waals surface area contributed by atoms with Crippen LogP contribution in [0.15, 0.2) is 0 Å². The Labute approximate surface area is 82.2 Å². The highest BCUT2D eigenvalue weighted by molar-refractivity contribution is 7.40. The minimum atomic E-state index is -0.00796. The number of esters is 1. The van der Waals surface area contributed by atoms with Crippen molar-refractivity contribution in [1.29, 1.82) is 0 Å². The van der Waals surface area contributed by atoms with Crippen LogP contribution in [-0.4, -0.2) is 24.4 Å². The second-order valence-corrected chi connectivity index (χ2v) is 5.10. The lowest BCUT2D eigenvalue weighted by Gasteiger charge is -2.20. The minimum absolute atomic E-state index is 0.00796. The molecule has 1 aliphatic carbocycles. The molecule has 1 atom stereocenters. The fourth-order valence-electron chi connectivity index (χ4n) is 1.75. The second kappa shape index (κ2) is 6.37. The van der Waals surface area contributed by atoms with Crippen LogP contribution in [0.2, 0.25) is 0 Å². The molecule has 3 heteroatoms. The van der Waals surface area contributed by atoms with Gasteiger partial charge in [-0.3, -0.25) is 4.79 Å². The van der Waals surface area contributed by atoms with E-state index in [4.69, 9.17) is 4.74 Å². The minimum Gasteiger partial charge on any atom is -0.466 e. The number of hydrogen-bond donors (Lipinski definition) is 0. The lowest BCUT2D eigenvalue weighted by atomic mass is 10.0. The van der Waals surface area contributed by atoms with Gasteiger partial charge in [0.2, 0.25) is 0 Å². The molecule has 0 bridgehead atoms. The first kappa shape index (κ1) is 11.0. The van der Waals surface area contributed by atoms with Crippen LogP contribution < -0.4 is 0 Å². The summed E-state index contributed by atoms with van der Waals surface area (Å²) < 4.78 is 4.90. The molecule has 0 aromatic carbocycles. The van der Waals surface area contributed by atoms with E-state index in [2.05, 4.69) is 0 Å². The topological polar surface area (TPSA) is 26.3 Å². The summed E-state index contributed by atoms with van der Waals surface area (Å²) in [4.78, 5) is 11.1. The first-order valence-corrected chi connectivity index (χ1v) is 6.50. The molecule has 0 radical (unpaired) electrons. The fourth-order valence-corrected chi connectivity index (χ4v) is 3.12. The molecular weight excluding hydrogens is 183 g/mol. The van der Waals surface area contributed by atoms with Crippen molar-refractivity contribution >= 4 is 14.6 Å². The van der Waals surface area contributed by atoms with Gasteiger partial charge in [0, 0.05) is 0 Å². The van der Waals surface area contributed by atoms with Crippen molar-refractivity contribution in [1.82, 2.24) is 0 Å². The molecule has 0 aliphatic heterocycles. The largest absolute Gasteiger partial charge is 0.466 e. The van der Waals surface area contributed by atoms with E-state index in [0.717, 1.165) is 14.2 Å². The predicted octanol–water partition coefficient (Wildman–Crippen LogP) is 2.56. The van der Waals surface area contributed by atoms with Crippen LogP contribution in [0, 0.1) is 0 Å². The molecular formula is C10H19O2P. The summed E-state index contributed by atoms with van der Waals surface area (Å²) in [7, 11) is 0.797. The van der Waals surface area contributed by atoms with Crippen LogP contribution in [0.5, 0.6) is 0 Å². The highest BCUT2D eigenvalue weighted by Gasteiger charge is 2.14. The van der Waals surface area contributed by atoms with E-state index in [1.165, 1.54) is 32.1 Å². The van der Waals surface area contributed by atoms with Gasteiger partial charge in [-0.25, -0.2) is 0 Å². The third-order valence-electron chi connectivity index (χ3n) is 2.45. The molecule has 0 amide bonds. The quantitative estimate of drug-likeness (QED) is 0.517. The Hall–Kier alpha value is -0.100. The fraction of sp³-hybridized carbons (Fsp3) is 0.900. The molecule has 76 valence electrons. The lowest BCUT2D eigenvalue weighted by Crippen LogP contribution is -2.12. The zero-order valence-corrected chi connectivity index (χ0v) is 9.34. The molecule has 1 saturated carbocycles. The molecule has 0 aromatic rings. The number of carbonyl (C=O) groups is 1. The number of ether oxygens (including phenoxy) is 1. The van der Waals surface area contributed by atoms with E-state index in [1.807, 2.05) is 6.92 Å². The molecule has 0 aromatic heterocycles. The first-order chi connectivity index (χ1) is 6.33. The van der Waals surface area contributed by atoms with Crippen molar-refractivity contribution < 1.29 is 9.53 Å². The molecule has 0 spiro atoms. The van der Waals surface area contributed by atoms with Crippen LogP contribution >= 0.6 is 8.58 Å². The molecule has 13 heavy (non-hydrogen) atoms. The molecule has 1 unspecified atom stereocenters. The van der Waals surface area contributed by atoms with Gasteiger partial charge in [-0.2, -0.15) is 0 Å². The molecule has 0 heterocycles. The van der Waals surface area contributed by atoms with Gasteiger partial charge < -0.3 is 4.74 Å². The van der Waals surface area contributed by atoms with Gasteiger partial charge in [0.25, 0.3) is 0 Å². The van der Waals surface area contributed by atoms with Crippen molar-refractivity contribution in [2.45, 2.75) is 44.7 Å². The normalized spacial score (nSPS) is 19.5. The van der Waals surface area contributed by atoms with Gasteiger partial charge in [-0.15, -0.1) is 8.58 Å². The number of rotatable bonds is 4. The van der Waals surface area contributed by atoms with E-state index in [1.54, 1.807) is 0 Å². The Morgan fingerprint density at radius 3 is 2.69 bits per heavy atom. The highest BCUT2D eigenvalue weighted by Crippen LogP contribution is 2.32. The van der Waals surface area contributed by atoms with Gasteiger partial charge in [-0.05, 0) is 25.4 Å². The Bertz CT molecular complexity index is 153. The zero-order chi connectivity index (χ0) is 9.52. The van der Waals surface area contributed by atoms with Crippen molar-refractivity contribution in [2.75, 3.05) is 12.8 Å². The van der Waals surface area contributed by atoms with Crippen molar-refractivity contribution in [3.8, 4) is 0 Å². The zero-order valence-electron chi connectivity index (χ0n) is 8.34. The van der Waals surface area contributed by atoms with E-state index < -0.39 is 0 Å². The second-order valence-electron chi connectivity index (χ2n) is 3.52. The van der Waals surface area contributed by atoms with E-state index in [-0.39, 0.29) is 5.97 Å². The van der Waals surface area contributed by atoms with Gasteiger partial charge in [0.1, 0.15) is 0 Å². The highest BCUT2D eigenvalue weighted by atomic mass is 31.1. The summed E-state index contributed by atoms with van der Waals surface area (Å²) in [5.41, 5.74) is 0.818. The maximum absolute atomic E-state index is 11.1. The predicted molar refractivity (Wildman–Crippen MR) is 56.7 cm³/mol. The SMILES string of the molecule is CCOC(=O)CPC1CCCCC1. The summed E-state index contributed by atoms with van der Waals surface area (Å²) in [5, 5.41) is 0. The summed E-state index contributed by atoms with van der Waals surface area (Å²) >= 11 is 0. The third-order valence-corrected chi connectivity index (χ3v) is 4.09. The van der Waals surface area contributed by atoms with Crippen molar-refractivity contribution in [3.05, 3.63) is 0 Å². The van der Waals surface area contributed by atoms with Gasteiger partial charge >= 0.3 is 5.97 Å². The molecule has 1 fully saturated rings. The molecule has 2 nitrogen and oxygen atoms in total. The van der Waals surface area contributed by atoms with Crippen molar-refractivity contribution in [3.63, 3.8) is 0 Å². The van der Waals surface area contributed by atoms with Crippen LogP contribution in [0.3, 0.4) is 0 Å². The van der Waals surface area contributed by atoms with Crippen LogP contribution in [0.25, 0.3) is 0 Å². The van der Waals surface area contributed by atoms with Crippen LogP contribution in [0.1, 0.15) is 39.0 Å². The van der Waals surface area contributed by atoms with Gasteiger partial charge in [0.05, 0.1) is 12.8 Å². The standard InChI is InChI=1S/C10H19O2P/c1-2-12-10(11)8-13-9-6-4-3-5-7-9/h9,13H,2-8H2,1H3. The monoisotopic (exact) mass is 202 g/mol. The molecule has 0 N–H and O–H groups in total. The molecule has 1 rings (SSSR count). The summed E-state index contributed by atoms with van der Waals surface area (Å²) in [6, 6.07) is 0. The van der Waals surface area contributed by atoms with Crippen LogP contribution in [0.4, 0.5) is 0 Å². The molecule has 1 aliphatic rings. The Morgan fingerprint density at radius 1 is 1.38 bits per heavy atom. The van der Waals surface area contributed by atoms with E-state index in [9.17, 15) is 4.79 Å². The third kappa shape index (κ3) is 4.61. The average Bonchev–Trinajstić information content (AvgIpc) is 2.17.